The van der Waals surface area contributed by atoms with Gasteiger partial charge in [0.15, 0.2) is 0 Å². The van der Waals surface area contributed by atoms with E-state index in [1.54, 1.807) is 0 Å². The Morgan fingerprint density at radius 2 is 1.94 bits per heavy atom. The molecule has 0 saturated heterocycles. The van der Waals surface area contributed by atoms with E-state index in [1.807, 2.05) is 29.9 Å². The third-order valence-corrected chi connectivity index (χ3v) is 3.20. The van der Waals surface area contributed by atoms with Crippen LogP contribution in [0, 0.1) is 5.82 Å². The standard InChI is InChI=1S/C14H18FN3/c1-3-11(12-5-7-13(15)8-6-12)9-14-10-18(4-2)17-16-14/h5-8,10-11H,3-4,9H2,1-2H3. The molecule has 0 N–H and O–H groups in total. The lowest BCUT2D eigenvalue weighted by Gasteiger charge is -2.13. The van der Waals surface area contributed by atoms with E-state index < -0.39 is 0 Å². The molecule has 0 spiro atoms. The third kappa shape index (κ3) is 2.94. The van der Waals surface area contributed by atoms with Gasteiger partial charge in [0.1, 0.15) is 5.82 Å². The lowest BCUT2D eigenvalue weighted by atomic mass is 9.92. The van der Waals surface area contributed by atoms with Crippen molar-refractivity contribution < 1.29 is 4.39 Å². The Hall–Kier alpha value is -1.71. The summed E-state index contributed by atoms with van der Waals surface area (Å²) in [6.45, 7) is 5.01. The summed E-state index contributed by atoms with van der Waals surface area (Å²) in [7, 11) is 0. The lowest BCUT2D eigenvalue weighted by Crippen LogP contribution is -2.02. The number of aromatic nitrogens is 3. The molecule has 1 atom stereocenters. The summed E-state index contributed by atoms with van der Waals surface area (Å²) in [4.78, 5) is 0. The van der Waals surface area contributed by atoms with Crippen LogP contribution < -0.4 is 0 Å². The number of hydrogen-bond acceptors (Lipinski definition) is 2. The van der Waals surface area contributed by atoms with Gasteiger partial charge < -0.3 is 0 Å². The maximum absolute atomic E-state index is 12.9. The third-order valence-electron chi connectivity index (χ3n) is 3.20. The molecule has 1 aromatic carbocycles. The Kier molecular flexibility index (Phi) is 4.07. The molecular weight excluding hydrogens is 229 g/mol. The topological polar surface area (TPSA) is 30.7 Å². The minimum Gasteiger partial charge on any atom is -0.253 e. The van der Waals surface area contributed by atoms with Gasteiger partial charge in [-0.2, -0.15) is 0 Å². The number of aryl methyl sites for hydroxylation is 1. The molecule has 0 aliphatic heterocycles. The molecule has 2 rings (SSSR count). The fraction of sp³-hybridized carbons (Fsp3) is 0.429. The van der Waals surface area contributed by atoms with Crippen LogP contribution >= 0.6 is 0 Å². The molecule has 1 unspecified atom stereocenters. The van der Waals surface area contributed by atoms with Crippen molar-refractivity contribution in [2.24, 2.45) is 0 Å². The molecule has 1 heterocycles. The predicted molar refractivity (Wildman–Crippen MR) is 68.8 cm³/mol. The van der Waals surface area contributed by atoms with Gasteiger partial charge in [-0.3, -0.25) is 4.68 Å². The number of benzene rings is 1. The van der Waals surface area contributed by atoms with Gasteiger partial charge in [0.25, 0.3) is 0 Å². The highest BCUT2D eigenvalue weighted by Crippen LogP contribution is 2.23. The van der Waals surface area contributed by atoms with Crippen LogP contribution in [0.15, 0.2) is 30.5 Å². The molecule has 3 nitrogen and oxygen atoms in total. The van der Waals surface area contributed by atoms with Crippen molar-refractivity contribution >= 4 is 0 Å². The SMILES string of the molecule is CCC(Cc1cn(CC)nn1)c1ccc(F)cc1. The highest BCUT2D eigenvalue weighted by Gasteiger charge is 2.12. The van der Waals surface area contributed by atoms with E-state index in [1.165, 1.54) is 12.1 Å². The Bertz CT molecular complexity index is 490. The van der Waals surface area contributed by atoms with Crippen molar-refractivity contribution in [3.05, 3.63) is 47.5 Å². The minimum atomic E-state index is -0.189. The summed E-state index contributed by atoms with van der Waals surface area (Å²) in [5.74, 6) is 0.179. The maximum atomic E-state index is 12.9. The van der Waals surface area contributed by atoms with Gasteiger partial charge in [-0.05, 0) is 43.4 Å². The van der Waals surface area contributed by atoms with Crippen molar-refractivity contribution in [3.63, 3.8) is 0 Å². The van der Waals surface area contributed by atoms with E-state index in [2.05, 4.69) is 17.2 Å². The predicted octanol–water partition coefficient (Wildman–Crippen LogP) is 3.17. The van der Waals surface area contributed by atoms with E-state index in [-0.39, 0.29) is 5.82 Å². The Labute approximate surface area is 107 Å². The summed E-state index contributed by atoms with van der Waals surface area (Å²) in [5, 5.41) is 8.19. The second-order valence-corrected chi connectivity index (χ2v) is 4.43. The molecule has 0 amide bonds. The van der Waals surface area contributed by atoms with Gasteiger partial charge in [0, 0.05) is 12.7 Å². The van der Waals surface area contributed by atoms with Crippen LogP contribution in [0.2, 0.25) is 0 Å². The fourth-order valence-corrected chi connectivity index (χ4v) is 2.07. The van der Waals surface area contributed by atoms with Crippen LogP contribution in [0.25, 0.3) is 0 Å². The summed E-state index contributed by atoms with van der Waals surface area (Å²) in [6.07, 6.45) is 3.83. The van der Waals surface area contributed by atoms with Gasteiger partial charge >= 0.3 is 0 Å². The Balaban J connectivity index is 2.11. The highest BCUT2D eigenvalue weighted by atomic mass is 19.1. The normalized spacial score (nSPS) is 12.6. The molecule has 0 aliphatic rings. The van der Waals surface area contributed by atoms with Gasteiger partial charge in [-0.15, -0.1) is 5.10 Å². The van der Waals surface area contributed by atoms with E-state index in [9.17, 15) is 4.39 Å². The molecular formula is C14H18FN3. The molecule has 0 saturated carbocycles. The number of halogens is 1. The fourth-order valence-electron chi connectivity index (χ4n) is 2.07. The average Bonchev–Trinajstić information content (AvgIpc) is 2.85. The molecule has 0 radical (unpaired) electrons. The first-order chi connectivity index (χ1) is 8.72. The second kappa shape index (κ2) is 5.76. The van der Waals surface area contributed by atoms with Crippen LogP contribution in [0.4, 0.5) is 4.39 Å². The van der Waals surface area contributed by atoms with Crippen LogP contribution in [0.1, 0.15) is 37.4 Å². The number of hydrogen-bond donors (Lipinski definition) is 0. The van der Waals surface area contributed by atoms with E-state index in [0.717, 1.165) is 30.6 Å². The Morgan fingerprint density at radius 1 is 1.22 bits per heavy atom. The van der Waals surface area contributed by atoms with Crippen LogP contribution in [-0.2, 0) is 13.0 Å². The van der Waals surface area contributed by atoms with Gasteiger partial charge in [-0.1, -0.05) is 24.3 Å². The number of nitrogens with zero attached hydrogens (tertiary/aromatic N) is 3. The van der Waals surface area contributed by atoms with Crippen molar-refractivity contribution in [2.45, 2.75) is 39.2 Å². The summed E-state index contributed by atoms with van der Waals surface area (Å²) in [6, 6.07) is 6.74. The van der Waals surface area contributed by atoms with Crippen molar-refractivity contribution in [1.29, 1.82) is 0 Å². The zero-order chi connectivity index (χ0) is 13.0. The summed E-state index contributed by atoms with van der Waals surface area (Å²) < 4.78 is 14.7. The largest absolute Gasteiger partial charge is 0.253 e. The molecule has 0 fully saturated rings. The summed E-state index contributed by atoms with van der Waals surface area (Å²) >= 11 is 0. The monoisotopic (exact) mass is 247 g/mol. The zero-order valence-corrected chi connectivity index (χ0v) is 10.8. The van der Waals surface area contributed by atoms with Gasteiger partial charge in [-0.25, -0.2) is 4.39 Å². The first kappa shape index (κ1) is 12.7. The van der Waals surface area contributed by atoms with Gasteiger partial charge in [0.05, 0.1) is 5.69 Å². The molecule has 0 aliphatic carbocycles. The highest BCUT2D eigenvalue weighted by molar-refractivity contribution is 5.21. The molecule has 4 heteroatoms. The second-order valence-electron chi connectivity index (χ2n) is 4.43. The van der Waals surface area contributed by atoms with Crippen molar-refractivity contribution in [3.8, 4) is 0 Å². The van der Waals surface area contributed by atoms with Crippen LogP contribution in [0.5, 0.6) is 0 Å². The lowest BCUT2D eigenvalue weighted by molar-refractivity contribution is 0.617. The van der Waals surface area contributed by atoms with E-state index in [4.69, 9.17) is 0 Å². The molecule has 2 aromatic rings. The number of rotatable bonds is 5. The zero-order valence-electron chi connectivity index (χ0n) is 10.8. The molecule has 0 bridgehead atoms. The van der Waals surface area contributed by atoms with Crippen molar-refractivity contribution in [1.82, 2.24) is 15.0 Å². The van der Waals surface area contributed by atoms with E-state index >= 15 is 0 Å². The average molecular weight is 247 g/mol. The van der Waals surface area contributed by atoms with Crippen molar-refractivity contribution in [2.75, 3.05) is 0 Å². The summed E-state index contributed by atoms with van der Waals surface area (Å²) in [5.41, 5.74) is 2.15. The Morgan fingerprint density at radius 3 is 2.50 bits per heavy atom. The van der Waals surface area contributed by atoms with Crippen LogP contribution in [-0.4, -0.2) is 15.0 Å². The maximum Gasteiger partial charge on any atom is 0.123 e. The molecule has 1 aromatic heterocycles. The smallest absolute Gasteiger partial charge is 0.123 e. The first-order valence-electron chi connectivity index (χ1n) is 6.37. The van der Waals surface area contributed by atoms with E-state index in [0.29, 0.717) is 5.92 Å². The molecule has 96 valence electrons. The minimum absolute atomic E-state index is 0.189. The van der Waals surface area contributed by atoms with Crippen LogP contribution in [0.3, 0.4) is 0 Å². The molecule has 18 heavy (non-hydrogen) atoms. The quantitative estimate of drug-likeness (QED) is 0.812. The van der Waals surface area contributed by atoms with Gasteiger partial charge in [0.2, 0.25) is 0 Å². The first-order valence-corrected chi connectivity index (χ1v) is 6.37.